The van der Waals surface area contributed by atoms with E-state index in [-0.39, 0.29) is 11.8 Å². The van der Waals surface area contributed by atoms with Crippen LogP contribution in [0.5, 0.6) is 5.75 Å². The quantitative estimate of drug-likeness (QED) is 0.870. The summed E-state index contributed by atoms with van der Waals surface area (Å²) >= 11 is 0. The highest BCUT2D eigenvalue weighted by molar-refractivity contribution is 6.06. The minimum absolute atomic E-state index is 0.0878. The van der Waals surface area contributed by atoms with Gasteiger partial charge in [0.2, 0.25) is 0 Å². The molecule has 0 spiro atoms. The molecule has 0 saturated carbocycles. The Balaban J connectivity index is 1.62. The zero-order chi connectivity index (χ0) is 17.4. The molecule has 0 radical (unpaired) electrons. The number of aryl methyl sites for hydroxylation is 2. The van der Waals surface area contributed by atoms with Gasteiger partial charge in [-0.25, -0.2) is 0 Å². The molecule has 0 aromatic heterocycles. The average molecular weight is 336 g/mol. The van der Waals surface area contributed by atoms with Gasteiger partial charge in [-0.3, -0.25) is 9.59 Å². The number of hydrogen-bond acceptors (Lipinski definition) is 3. The summed E-state index contributed by atoms with van der Waals surface area (Å²) < 4.78 is 5.99. The smallest absolute Gasteiger partial charge is 0.268 e. The summed E-state index contributed by atoms with van der Waals surface area (Å²) in [5, 5.41) is 2.84. The fourth-order valence-electron chi connectivity index (χ4n) is 3.49. The molecule has 5 heteroatoms. The molecule has 5 nitrogen and oxygen atoms in total. The lowest BCUT2D eigenvalue weighted by Gasteiger charge is -2.30. The SMILES string of the molecule is Cc1ccc2c(c1)CC[C@@H](C(=O)N1CCNC(=O)c3ccccc31)O2. The standard InChI is InChI=1S/C20H20N2O3/c1-13-6-8-17-14(12-13)7-9-18(25-17)20(24)22-11-10-21-19(23)15-4-2-3-5-16(15)22/h2-6,8,12,18H,7,9-11H2,1H3,(H,21,23)/t18-/m0/s1. The maximum absolute atomic E-state index is 13.1. The molecular weight excluding hydrogens is 316 g/mol. The number of ether oxygens (including phenoxy) is 1. The number of carbonyl (C=O) groups is 2. The lowest BCUT2D eigenvalue weighted by molar-refractivity contribution is -0.126. The third-order valence-electron chi connectivity index (χ3n) is 4.76. The maximum Gasteiger partial charge on any atom is 0.268 e. The predicted molar refractivity (Wildman–Crippen MR) is 95.0 cm³/mol. The third kappa shape index (κ3) is 2.86. The van der Waals surface area contributed by atoms with E-state index in [9.17, 15) is 9.59 Å². The number of amides is 2. The second kappa shape index (κ2) is 6.24. The van der Waals surface area contributed by atoms with Gasteiger partial charge in [0.1, 0.15) is 5.75 Å². The van der Waals surface area contributed by atoms with Gasteiger partial charge in [-0.1, -0.05) is 29.8 Å². The Bertz CT molecular complexity index is 847. The lowest BCUT2D eigenvalue weighted by atomic mass is 9.99. The van der Waals surface area contributed by atoms with Gasteiger partial charge in [-0.05, 0) is 43.5 Å². The number of carbonyl (C=O) groups excluding carboxylic acids is 2. The number of para-hydroxylation sites is 1. The third-order valence-corrected chi connectivity index (χ3v) is 4.76. The molecule has 0 bridgehead atoms. The van der Waals surface area contributed by atoms with Crippen LogP contribution < -0.4 is 15.0 Å². The van der Waals surface area contributed by atoms with Crippen LogP contribution in [-0.4, -0.2) is 31.0 Å². The molecule has 1 N–H and O–H groups in total. The molecule has 0 unspecified atom stereocenters. The van der Waals surface area contributed by atoms with Crippen molar-refractivity contribution in [1.82, 2.24) is 5.32 Å². The topological polar surface area (TPSA) is 58.6 Å². The Hall–Kier alpha value is -2.82. The van der Waals surface area contributed by atoms with Crippen molar-refractivity contribution in [3.05, 3.63) is 59.2 Å². The van der Waals surface area contributed by atoms with Crippen molar-refractivity contribution in [2.45, 2.75) is 25.9 Å². The molecule has 0 fully saturated rings. The van der Waals surface area contributed by atoms with Crippen molar-refractivity contribution in [1.29, 1.82) is 0 Å². The molecule has 2 aromatic rings. The summed E-state index contributed by atoms with van der Waals surface area (Å²) in [6.45, 7) is 2.93. The van der Waals surface area contributed by atoms with Crippen molar-refractivity contribution in [3.63, 3.8) is 0 Å². The first-order valence-electron chi connectivity index (χ1n) is 8.58. The molecule has 1 atom stereocenters. The van der Waals surface area contributed by atoms with Gasteiger partial charge in [0.25, 0.3) is 11.8 Å². The van der Waals surface area contributed by atoms with Crippen molar-refractivity contribution in [2.24, 2.45) is 0 Å². The van der Waals surface area contributed by atoms with Crippen molar-refractivity contribution in [2.75, 3.05) is 18.0 Å². The number of fused-ring (bicyclic) bond motifs is 2. The number of anilines is 1. The molecule has 25 heavy (non-hydrogen) atoms. The second-order valence-electron chi connectivity index (χ2n) is 6.52. The lowest BCUT2D eigenvalue weighted by Crippen LogP contribution is -2.45. The minimum atomic E-state index is -0.517. The normalized spacial score (nSPS) is 19.2. The molecule has 2 heterocycles. The van der Waals surface area contributed by atoms with Crippen LogP contribution in [0.2, 0.25) is 0 Å². The summed E-state index contributed by atoms with van der Waals surface area (Å²) in [7, 11) is 0. The Labute approximate surface area is 146 Å². The molecule has 2 aliphatic heterocycles. The summed E-state index contributed by atoms with van der Waals surface area (Å²) in [6, 6.07) is 13.3. The van der Waals surface area contributed by atoms with E-state index in [0.29, 0.717) is 30.8 Å². The van der Waals surface area contributed by atoms with Crippen molar-refractivity contribution < 1.29 is 14.3 Å². The zero-order valence-electron chi connectivity index (χ0n) is 14.1. The van der Waals surface area contributed by atoms with Crippen LogP contribution in [0.1, 0.15) is 27.9 Å². The van der Waals surface area contributed by atoms with Crippen LogP contribution in [0.15, 0.2) is 42.5 Å². The van der Waals surface area contributed by atoms with Gasteiger partial charge < -0.3 is 15.0 Å². The first-order valence-corrected chi connectivity index (χ1v) is 8.58. The average Bonchev–Trinajstić information content (AvgIpc) is 2.80. The minimum Gasteiger partial charge on any atom is -0.480 e. The summed E-state index contributed by atoms with van der Waals surface area (Å²) in [6.07, 6.45) is 0.951. The number of nitrogens with one attached hydrogen (secondary N) is 1. The highest BCUT2D eigenvalue weighted by Gasteiger charge is 2.33. The molecule has 0 aliphatic carbocycles. The maximum atomic E-state index is 13.1. The second-order valence-corrected chi connectivity index (χ2v) is 6.52. The van der Waals surface area contributed by atoms with Crippen LogP contribution in [0.25, 0.3) is 0 Å². The van der Waals surface area contributed by atoms with Crippen LogP contribution in [0.3, 0.4) is 0 Å². The predicted octanol–water partition coefficient (Wildman–Crippen LogP) is 2.47. The Morgan fingerprint density at radius 1 is 1.24 bits per heavy atom. The summed E-state index contributed by atoms with van der Waals surface area (Å²) in [5.41, 5.74) is 3.52. The van der Waals surface area contributed by atoms with E-state index < -0.39 is 6.10 Å². The first-order chi connectivity index (χ1) is 12.1. The van der Waals surface area contributed by atoms with E-state index in [4.69, 9.17) is 4.74 Å². The highest BCUT2D eigenvalue weighted by Crippen LogP contribution is 2.31. The molecule has 4 rings (SSSR count). The summed E-state index contributed by atoms with van der Waals surface area (Å²) in [4.78, 5) is 27.0. The summed E-state index contributed by atoms with van der Waals surface area (Å²) in [5.74, 6) is 0.555. The fraction of sp³-hybridized carbons (Fsp3) is 0.300. The van der Waals surface area contributed by atoms with Gasteiger partial charge >= 0.3 is 0 Å². The van der Waals surface area contributed by atoms with E-state index in [1.165, 1.54) is 5.56 Å². The number of rotatable bonds is 1. The number of hydrogen-bond donors (Lipinski definition) is 1. The van der Waals surface area contributed by atoms with Gasteiger partial charge in [0.05, 0.1) is 11.3 Å². The van der Waals surface area contributed by atoms with Crippen LogP contribution in [0, 0.1) is 6.92 Å². The van der Waals surface area contributed by atoms with Crippen LogP contribution in [0.4, 0.5) is 5.69 Å². The highest BCUT2D eigenvalue weighted by atomic mass is 16.5. The van der Waals surface area contributed by atoms with E-state index >= 15 is 0 Å². The largest absolute Gasteiger partial charge is 0.480 e. The van der Waals surface area contributed by atoms with E-state index in [2.05, 4.69) is 18.3 Å². The zero-order valence-corrected chi connectivity index (χ0v) is 14.1. The van der Waals surface area contributed by atoms with E-state index in [1.54, 1.807) is 11.0 Å². The van der Waals surface area contributed by atoms with Gasteiger partial charge in [0, 0.05) is 13.1 Å². The number of benzene rings is 2. The molecular formula is C20H20N2O3. The monoisotopic (exact) mass is 336 g/mol. The molecule has 2 aromatic carbocycles. The molecule has 2 amide bonds. The molecule has 128 valence electrons. The van der Waals surface area contributed by atoms with Crippen LogP contribution in [-0.2, 0) is 11.2 Å². The molecule has 2 aliphatic rings. The number of nitrogens with zero attached hydrogens (tertiary/aromatic N) is 1. The van der Waals surface area contributed by atoms with E-state index in [1.807, 2.05) is 30.3 Å². The van der Waals surface area contributed by atoms with Crippen LogP contribution >= 0.6 is 0 Å². The Morgan fingerprint density at radius 2 is 2.08 bits per heavy atom. The molecule has 0 saturated heterocycles. The van der Waals surface area contributed by atoms with Gasteiger partial charge in [-0.15, -0.1) is 0 Å². The van der Waals surface area contributed by atoms with Gasteiger partial charge in [-0.2, -0.15) is 0 Å². The van der Waals surface area contributed by atoms with Gasteiger partial charge in [0.15, 0.2) is 6.10 Å². The van der Waals surface area contributed by atoms with Crippen molar-refractivity contribution >= 4 is 17.5 Å². The fourth-order valence-corrected chi connectivity index (χ4v) is 3.49. The van der Waals surface area contributed by atoms with Crippen molar-refractivity contribution in [3.8, 4) is 5.75 Å². The Morgan fingerprint density at radius 3 is 2.96 bits per heavy atom. The van der Waals surface area contributed by atoms with E-state index in [0.717, 1.165) is 17.7 Å². The Kier molecular flexibility index (Phi) is 3.92. The first kappa shape index (κ1) is 15.7.